The van der Waals surface area contributed by atoms with Gasteiger partial charge in [-0.25, -0.2) is 0 Å². The molecule has 0 saturated heterocycles. The number of hydrazone groups is 1. The Kier molecular flexibility index (Phi) is 5.67. The van der Waals surface area contributed by atoms with Crippen LogP contribution in [0.15, 0.2) is 41.5 Å². The fourth-order valence-electron chi connectivity index (χ4n) is 1.88. The first kappa shape index (κ1) is 16.2. The molecule has 22 heavy (non-hydrogen) atoms. The van der Waals surface area contributed by atoms with Gasteiger partial charge in [-0.1, -0.05) is 17.7 Å². The molecule has 2 rings (SSSR count). The van der Waals surface area contributed by atoms with Crippen LogP contribution in [0.25, 0.3) is 0 Å². The Morgan fingerprint density at radius 1 is 1.18 bits per heavy atom. The van der Waals surface area contributed by atoms with Crippen LogP contribution in [0.4, 0.5) is 5.69 Å². The summed E-state index contributed by atoms with van der Waals surface area (Å²) in [6.07, 6.45) is 1.71. The van der Waals surface area contributed by atoms with Crippen LogP contribution in [0.1, 0.15) is 18.1 Å². The SMILES string of the molecule is CCOc1ccc(/C=N/Nc2ccc(C)c(Cl)c2)cc1OC. The van der Waals surface area contributed by atoms with Crippen molar-refractivity contribution >= 4 is 23.5 Å². The second-order valence-corrected chi connectivity index (χ2v) is 5.08. The van der Waals surface area contributed by atoms with Crippen molar-refractivity contribution in [1.82, 2.24) is 0 Å². The number of halogens is 1. The molecule has 0 aliphatic carbocycles. The minimum atomic E-state index is 0.597. The van der Waals surface area contributed by atoms with Gasteiger partial charge in [-0.05, 0) is 55.3 Å². The highest BCUT2D eigenvalue weighted by Gasteiger charge is 2.04. The molecule has 1 N–H and O–H groups in total. The molecule has 0 bridgehead atoms. The molecular formula is C17H19ClN2O2. The molecule has 2 aromatic rings. The Morgan fingerprint density at radius 3 is 2.68 bits per heavy atom. The minimum Gasteiger partial charge on any atom is -0.493 e. The topological polar surface area (TPSA) is 42.8 Å². The average molecular weight is 319 g/mol. The number of nitrogens with zero attached hydrogens (tertiary/aromatic N) is 1. The first-order chi connectivity index (χ1) is 10.6. The van der Waals surface area contributed by atoms with Crippen molar-refractivity contribution in [2.24, 2.45) is 5.10 Å². The van der Waals surface area contributed by atoms with E-state index < -0.39 is 0 Å². The van der Waals surface area contributed by atoms with E-state index in [2.05, 4.69) is 10.5 Å². The fraction of sp³-hybridized carbons (Fsp3) is 0.235. The second-order valence-electron chi connectivity index (χ2n) is 4.68. The Labute approximate surface area is 135 Å². The zero-order valence-electron chi connectivity index (χ0n) is 12.9. The summed E-state index contributed by atoms with van der Waals surface area (Å²) in [6, 6.07) is 11.4. The summed E-state index contributed by atoms with van der Waals surface area (Å²) in [7, 11) is 1.62. The van der Waals surface area contributed by atoms with Crippen LogP contribution in [0, 0.1) is 6.92 Å². The highest BCUT2D eigenvalue weighted by atomic mass is 35.5. The maximum atomic E-state index is 6.07. The monoisotopic (exact) mass is 318 g/mol. The zero-order chi connectivity index (χ0) is 15.9. The third kappa shape index (κ3) is 4.15. The van der Waals surface area contributed by atoms with E-state index >= 15 is 0 Å². The van der Waals surface area contributed by atoms with Gasteiger partial charge in [0.1, 0.15) is 0 Å². The van der Waals surface area contributed by atoms with Gasteiger partial charge in [-0.15, -0.1) is 0 Å². The van der Waals surface area contributed by atoms with Crippen LogP contribution in [-0.4, -0.2) is 19.9 Å². The summed E-state index contributed by atoms with van der Waals surface area (Å²) in [6.45, 7) is 4.49. The van der Waals surface area contributed by atoms with Crippen molar-refractivity contribution in [2.45, 2.75) is 13.8 Å². The van der Waals surface area contributed by atoms with Crippen LogP contribution in [0.3, 0.4) is 0 Å². The number of rotatable bonds is 6. The molecule has 0 aliphatic rings. The third-order valence-corrected chi connectivity index (χ3v) is 3.47. The van der Waals surface area contributed by atoms with Crippen molar-refractivity contribution in [2.75, 3.05) is 19.1 Å². The van der Waals surface area contributed by atoms with Crippen LogP contribution in [-0.2, 0) is 0 Å². The van der Waals surface area contributed by atoms with Gasteiger partial charge in [0.15, 0.2) is 11.5 Å². The van der Waals surface area contributed by atoms with Crippen molar-refractivity contribution < 1.29 is 9.47 Å². The Bertz CT molecular complexity index is 672. The number of hydrogen-bond donors (Lipinski definition) is 1. The molecule has 0 heterocycles. The largest absolute Gasteiger partial charge is 0.493 e. The Morgan fingerprint density at radius 2 is 2.00 bits per heavy atom. The molecule has 4 nitrogen and oxygen atoms in total. The predicted octanol–water partition coefficient (Wildman–Crippen LogP) is 4.50. The van der Waals surface area contributed by atoms with Crippen molar-refractivity contribution in [3.05, 3.63) is 52.5 Å². The van der Waals surface area contributed by atoms with Gasteiger partial charge in [0.25, 0.3) is 0 Å². The van der Waals surface area contributed by atoms with E-state index in [4.69, 9.17) is 21.1 Å². The molecular weight excluding hydrogens is 300 g/mol. The quantitative estimate of drug-likeness (QED) is 0.630. The molecule has 0 unspecified atom stereocenters. The van der Waals surface area contributed by atoms with Crippen molar-refractivity contribution in [1.29, 1.82) is 0 Å². The van der Waals surface area contributed by atoms with Crippen LogP contribution in [0.2, 0.25) is 5.02 Å². The molecule has 0 atom stereocenters. The van der Waals surface area contributed by atoms with Crippen molar-refractivity contribution in [3.8, 4) is 11.5 Å². The molecule has 0 saturated carbocycles. The standard InChI is InChI=1S/C17H19ClN2O2/c1-4-22-16-8-6-13(9-17(16)21-3)11-19-20-14-7-5-12(2)15(18)10-14/h5-11,20H,4H2,1-3H3/b19-11+. The lowest BCUT2D eigenvalue weighted by molar-refractivity contribution is 0.311. The summed E-state index contributed by atoms with van der Waals surface area (Å²) >= 11 is 6.07. The number of benzene rings is 2. The summed E-state index contributed by atoms with van der Waals surface area (Å²) in [5.74, 6) is 1.41. The highest BCUT2D eigenvalue weighted by Crippen LogP contribution is 2.27. The summed E-state index contributed by atoms with van der Waals surface area (Å²) in [5, 5.41) is 4.91. The lowest BCUT2D eigenvalue weighted by Crippen LogP contribution is -1.97. The maximum absolute atomic E-state index is 6.07. The molecule has 0 amide bonds. The molecule has 0 radical (unpaired) electrons. The van der Waals surface area contributed by atoms with Crippen LogP contribution >= 0.6 is 11.6 Å². The fourth-order valence-corrected chi connectivity index (χ4v) is 2.06. The molecule has 0 aromatic heterocycles. The van der Waals surface area contributed by atoms with Gasteiger partial charge in [-0.3, -0.25) is 5.43 Å². The number of methoxy groups -OCH3 is 1. The molecule has 116 valence electrons. The first-order valence-electron chi connectivity index (χ1n) is 7.00. The number of ether oxygens (including phenoxy) is 2. The zero-order valence-corrected chi connectivity index (χ0v) is 13.6. The summed E-state index contributed by atoms with van der Waals surface area (Å²) < 4.78 is 10.8. The number of hydrogen-bond acceptors (Lipinski definition) is 4. The number of anilines is 1. The number of aryl methyl sites for hydroxylation is 1. The van der Waals surface area contributed by atoms with E-state index in [1.807, 2.05) is 50.2 Å². The smallest absolute Gasteiger partial charge is 0.161 e. The number of nitrogens with one attached hydrogen (secondary N) is 1. The van der Waals surface area contributed by atoms with E-state index in [1.165, 1.54) is 0 Å². The second kappa shape index (κ2) is 7.71. The lowest BCUT2D eigenvalue weighted by Gasteiger charge is -2.09. The van der Waals surface area contributed by atoms with Crippen LogP contribution < -0.4 is 14.9 Å². The molecule has 0 aliphatic heterocycles. The summed E-state index contributed by atoms with van der Waals surface area (Å²) in [5.41, 5.74) is 5.73. The van der Waals surface area contributed by atoms with E-state index in [0.29, 0.717) is 17.4 Å². The van der Waals surface area contributed by atoms with Gasteiger partial charge in [0, 0.05) is 5.02 Å². The highest BCUT2D eigenvalue weighted by molar-refractivity contribution is 6.31. The van der Waals surface area contributed by atoms with E-state index in [9.17, 15) is 0 Å². The molecule has 0 fully saturated rings. The van der Waals surface area contributed by atoms with Gasteiger partial charge < -0.3 is 9.47 Å². The van der Waals surface area contributed by atoms with Gasteiger partial charge in [-0.2, -0.15) is 5.10 Å². The third-order valence-electron chi connectivity index (χ3n) is 3.07. The normalized spacial score (nSPS) is 10.7. The van der Waals surface area contributed by atoms with Gasteiger partial charge >= 0.3 is 0 Å². The Hall–Kier alpha value is -2.20. The van der Waals surface area contributed by atoms with Gasteiger partial charge in [0.05, 0.1) is 25.6 Å². The summed E-state index contributed by atoms with van der Waals surface area (Å²) in [4.78, 5) is 0. The van der Waals surface area contributed by atoms with Crippen molar-refractivity contribution in [3.63, 3.8) is 0 Å². The van der Waals surface area contributed by atoms with E-state index in [0.717, 1.165) is 22.6 Å². The Balaban J connectivity index is 2.07. The molecule has 5 heteroatoms. The predicted molar refractivity (Wildman–Crippen MR) is 91.6 cm³/mol. The maximum Gasteiger partial charge on any atom is 0.161 e. The van der Waals surface area contributed by atoms with E-state index in [1.54, 1.807) is 13.3 Å². The van der Waals surface area contributed by atoms with E-state index in [-0.39, 0.29) is 0 Å². The minimum absolute atomic E-state index is 0.597. The van der Waals surface area contributed by atoms with Crippen LogP contribution in [0.5, 0.6) is 11.5 Å². The first-order valence-corrected chi connectivity index (χ1v) is 7.38. The lowest BCUT2D eigenvalue weighted by atomic mass is 10.2. The average Bonchev–Trinajstić information content (AvgIpc) is 2.52. The van der Waals surface area contributed by atoms with Gasteiger partial charge in [0.2, 0.25) is 0 Å². The molecule has 2 aromatic carbocycles. The molecule has 0 spiro atoms.